The van der Waals surface area contributed by atoms with Crippen LogP contribution in [0.25, 0.3) is 0 Å². The molecule has 0 radical (unpaired) electrons. The van der Waals surface area contributed by atoms with Crippen LogP contribution in [0.15, 0.2) is 24.3 Å². The second kappa shape index (κ2) is 4.85. The highest BCUT2D eigenvalue weighted by atomic mass is 16.3. The minimum Gasteiger partial charge on any atom is -0.390 e. The fraction of sp³-hybridized carbons (Fsp3) is 0.538. The molecular weight excluding hydrogens is 200 g/mol. The fourth-order valence-corrected chi connectivity index (χ4v) is 2.38. The highest BCUT2D eigenvalue weighted by Gasteiger charge is 2.29. The number of β-amino-alcohol motifs (C(OH)–C–C–N with tert-alkyl or cyclic N) is 1. The third kappa shape index (κ3) is 2.20. The van der Waals surface area contributed by atoms with Crippen LogP contribution >= 0.6 is 0 Å². The van der Waals surface area contributed by atoms with Crippen LogP contribution in [-0.4, -0.2) is 36.9 Å². The first-order valence-electron chi connectivity index (χ1n) is 5.94. The van der Waals surface area contributed by atoms with Gasteiger partial charge in [-0.15, -0.1) is 0 Å². The van der Waals surface area contributed by atoms with Gasteiger partial charge in [0.05, 0.1) is 12.1 Å². The Morgan fingerprint density at radius 3 is 2.81 bits per heavy atom. The Bertz CT molecular complexity index is 354. The lowest BCUT2D eigenvalue weighted by molar-refractivity contribution is 0.175. The summed E-state index contributed by atoms with van der Waals surface area (Å²) < 4.78 is 0. The Labute approximate surface area is 97.1 Å². The van der Waals surface area contributed by atoms with Crippen LogP contribution in [0, 0.1) is 6.92 Å². The minimum absolute atomic E-state index is 0.201. The Morgan fingerprint density at radius 2 is 2.25 bits per heavy atom. The predicted molar refractivity (Wildman–Crippen MR) is 66.9 cm³/mol. The summed E-state index contributed by atoms with van der Waals surface area (Å²) in [5.74, 6) is 0. The zero-order valence-corrected chi connectivity index (χ0v) is 9.98. The Hall–Kier alpha value is -1.06. The highest BCUT2D eigenvalue weighted by Crippen LogP contribution is 2.21. The topological polar surface area (TPSA) is 35.5 Å². The number of nitrogens with one attached hydrogen (secondary N) is 1. The van der Waals surface area contributed by atoms with Gasteiger partial charge in [0.1, 0.15) is 0 Å². The number of rotatable bonds is 3. The van der Waals surface area contributed by atoms with E-state index < -0.39 is 0 Å². The summed E-state index contributed by atoms with van der Waals surface area (Å²) in [7, 11) is 0. The molecule has 1 saturated heterocycles. The third-order valence-corrected chi connectivity index (χ3v) is 3.23. The molecule has 1 aliphatic rings. The lowest BCUT2D eigenvalue weighted by Crippen LogP contribution is -2.43. The summed E-state index contributed by atoms with van der Waals surface area (Å²) in [5.41, 5.74) is 2.46. The lowest BCUT2D eigenvalue weighted by atomic mass is 10.1. The number of aliphatic hydroxyl groups excluding tert-OH is 1. The van der Waals surface area contributed by atoms with E-state index >= 15 is 0 Å². The number of hydrogen-bond acceptors (Lipinski definition) is 3. The van der Waals surface area contributed by atoms with Crippen molar-refractivity contribution in [2.45, 2.75) is 26.0 Å². The largest absolute Gasteiger partial charge is 0.390 e. The van der Waals surface area contributed by atoms with Gasteiger partial charge < -0.3 is 15.3 Å². The number of aliphatic hydroxyl groups is 1. The summed E-state index contributed by atoms with van der Waals surface area (Å²) in [6.07, 6.45) is -0.263. The number of anilines is 1. The van der Waals surface area contributed by atoms with Crippen molar-refractivity contribution < 1.29 is 5.11 Å². The summed E-state index contributed by atoms with van der Waals surface area (Å²) in [5, 5.41) is 13.1. The van der Waals surface area contributed by atoms with Crippen molar-refractivity contribution in [3.8, 4) is 0 Å². The van der Waals surface area contributed by atoms with E-state index in [9.17, 15) is 5.11 Å². The van der Waals surface area contributed by atoms with Crippen LogP contribution in [0.4, 0.5) is 5.69 Å². The van der Waals surface area contributed by atoms with Crippen molar-refractivity contribution in [2.24, 2.45) is 0 Å². The normalized spacial score (nSPS) is 24.7. The van der Waals surface area contributed by atoms with E-state index in [4.69, 9.17) is 0 Å². The van der Waals surface area contributed by atoms with Crippen molar-refractivity contribution in [3.63, 3.8) is 0 Å². The average molecular weight is 220 g/mol. The summed E-state index contributed by atoms with van der Waals surface area (Å²) in [6, 6.07) is 8.66. The van der Waals surface area contributed by atoms with Gasteiger partial charge in [0.15, 0.2) is 0 Å². The van der Waals surface area contributed by atoms with Gasteiger partial charge in [0.25, 0.3) is 0 Å². The minimum atomic E-state index is -0.263. The Balaban J connectivity index is 2.21. The van der Waals surface area contributed by atoms with Gasteiger partial charge in [-0.3, -0.25) is 0 Å². The van der Waals surface area contributed by atoms with Crippen molar-refractivity contribution in [1.82, 2.24) is 5.32 Å². The molecule has 2 atom stereocenters. The first kappa shape index (κ1) is 11.4. The van der Waals surface area contributed by atoms with Gasteiger partial charge >= 0.3 is 0 Å². The number of benzene rings is 1. The van der Waals surface area contributed by atoms with E-state index in [1.54, 1.807) is 0 Å². The van der Waals surface area contributed by atoms with Gasteiger partial charge in [-0.1, -0.05) is 12.1 Å². The van der Waals surface area contributed by atoms with E-state index in [0.29, 0.717) is 6.54 Å². The molecule has 2 unspecified atom stereocenters. The lowest BCUT2D eigenvalue weighted by Gasteiger charge is -2.31. The zero-order valence-electron chi connectivity index (χ0n) is 9.98. The van der Waals surface area contributed by atoms with Crippen molar-refractivity contribution in [2.75, 3.05) is 24.5 Å². The molecule has 3 nitrogen and oxygen atoms in total. The SMILES string of the molecule is CCN(c1cccc(C)c1)C1CNCC1O. The number of hydrogen-bond donors (Lipinski definition) is 2. The van der Waals surface area contributed by atoms with Gasteiger partial charge in [0, 0.05) is 25.3 Å². The van der Waals surface area contributed by atoms with Gasteiger partial charge in [-0.05, 0) is 31.5 Å². The smallest absolute Gasteiger partial charge is 0.0879 e. The number of nitrogens with zero attached hydrogens (tertiary/aromatic N) is 1. The third-order valence-electron chi connectivity index (χ3n) is 3.23. The molecule has 0 bridgehead atoms. The first-order valence-corrected chi connectivity index (χ1v) is 5.94. The Morgan fingerprint density at radius 1 is 1.44 bits per heavy atom. The zero-order chi connectivity index (χ0) is 11.5. The van der Waals surface area contributed by atoms with Crippen molar-refractivity contribution >= 4 is 5.69 Å². The molecule has 0 aromatic heterocycles. The molecule has 0 spiro atoms. The summed E-state index contributed by atoms with van der Waals surface area (Å²) in [6.45, 7) is 6.72. The summed E-state index contributed by atoms with van der Waals surface area (Å²) in [4.78, 5) is 2.28. The highest BCUT2D eigenvalue weighted by molar-refractivity contribution is 5.49. The first-order chi connectivity index (χ1) is 7.72. The molecule has 1 aromatic rings. The van der Waals surface area contributed by atoms with E-state index in [0.717, 1.165) is 13.1 Å². The summed E-state index contributed by atoms with van der Waals surface area (Å²) >= 11 is 0. The molecule has 1 heterocycles. The molecule has 3 heteroatoms. The Kier molecular flexibility index (Phi) is 3.46. The van der Waals surface area contributed by atoms with E-state index in [1.807, 2.05) is 0 Å². The fourth-order valence-electron chi connectivity index (χ4n) is 2.38. The maximum Gasteiger partial charge on any atom is 0.0879 e. The van der Waals surface area contributed by atoms with Gasteiger partial charge in [-0.25, -0.2) is 0 Å². The van der Waals surface area contributed by atoms with E-state index in [2.05, 4.69) is 48.3 Å². The van der Waals surface area contributed by atoms with Crippen molar-refractivity contribution in [1.29, 1.82) is 0 Å². The molecule has 1 aliphatic heterocycles. The maximum absolute atomic E-state index is 9.92. The second-order valence-corrected chi connectivity index (χ2v) is 4.42. The average Bonchev–Trinajstić information content (AvgIpc) is 2.67. The quantitative estimate of drug-likeness (QED) is 0.802. The van der Waals surface area contributed by atoms with Crippen LogP contribution in [-0.2, 0) is 0 Å². The van der Waals surface area contributed by atoms with Gasteiger partial charge in [0.2, 0.25) is 0 Å². The molecule has 1 fully saturated rings. The number of likely N-dealkylation sites (N-methyl/N-ethyl adjacent to an activating group) is 1. The van der Waals surface area contributed by atoms with Gasteiger partial charge in [-0.2, -0.15) is 0 Å². The molecule has 88 valence electrons. The second-order valence-electron chi connectivity index (χ2n) is 4.42. The van der Waals surface area contributed by atoms with Crippen LogP contribution in [0.3, 0.4) is 0 Å². The molecule has 0 amide bonds. The van der Waals surface area contributed by atoms with Crippen LogP contribution < -0.4 is 10.2 Å². The standard InChI is InChI=1S/C13H20N2O/c1-3-15(12-8-14-9-13(12)16)11-6-4-5-10(2)7-11/h4-7,12-14,16H,3,8-9H2,1-2H3. The predicted octanol–water partition coefficient (Wildman–Crippen LogP) is 1.15. The molecule has 1 aromatic carbocycles. The maximum atomic E-state index is 9.92. The molecule has 0 aliphatic carbocycles. The van der Waals surface area contributed by atoms with Crippen LogP contribution in [0.1, 0.15) is 12.5 Å². The monoisotopic (exact) mass is 220 g/mol. The van der Waals surface area contributed by atoms with Crippen molar-refractivity contribution in [3.05, 3.63) is 29.8 Å². The molecule has 2 N–H and O–H groups in total. The van der Waals surface area contributed by atoms with Crippen LogP contribution in [0.2, 0.25) is 0 Å². The van der Waals surface area contributed by atoms with Crippen LogP contribution in [0.5, 0.6) is 0 Å². The molecule has 2 rings (SSSR count). The van der Waals surface area contributed by atoms with E-state index in [1.165, 1.54) is 11.3 Å². The molecule has 0 saturated carbocycles. The van der Waals surface area contributed by atoms with E-state index in [-0.39, 0.29) is 12.1 Å². The molecule has 16 heavy (non-hydrogen) atoms. The number of aryl methyl sites for hydroxylation is 1. The molecular formula is C13H20N2O.